The zero-order valence-corrected chi connectivity index (χ0v) is 12.2. The van der Waals surface area contributed by atoms with Crippen molar-refractivity contribution in [3.63, 3.8) is 0 Å². The van der Waals surface area contributed by atoms with Crippen LogP contribution in [0.5, 0.6) is 5.75 Å². The Morgan fingerprint density at radius 3 is 2.28 bits per heavy atom. The standard InChI is InChI=1S/C15H26N2O/c1-12(2)16-10-13(3)11-17(4)14-6-8-15(18-5)9-7-14/h6-9,12-13,16H,10-11H2,1-5H3. The largest absolute Gasteiger partial charge is 0.497 e. The van der Waals surface area contributed by atoms with Gasteiger partial charge in [-0.1, -0.05) is 20.8 Å². The third kappa shape index (κ3) is 4.96. The molecule has 0 aliphatic rings. The number of ether oxygens (including phenoxy) is 1. The number of rotatable bonds is 7. The number of methoxy groups -OCH3 is 1. The van der Waals surface area contributed by atoms with Gasteiger partial charge in [0.05, 0.1) is 7.11 Å². The third-order valence-electron chi connectivity index (χ3n) is 2.97. The van der Waals surface area contributed by atoms with E-state index in [-0.39, 0.29) is 0 Å². The maximum Gasteiger partial charge on any atom is 0.119 e. The van der Waals surface area contributed by atoms with Crippen molar-refractivity contribution >= 4 is 5.69 Å². The van der Waals surface area contributed by atoms with Crippen LogP contribution in [0.25, 0.3) is 0 Å². The molecule has 0 aliphatic heterocycles. The number of hydrogen-bond acceptors (Lipinski definition) is 3. The first-order valence-electron chi connectivity index (χ1n) is 6.61. The minimum absolute atomic E-state index is 0.554. The van der Waals surface area contributed by atoms with Crippen LogP contribution in [0.3, 0.4) is 0 Å². The molecule has 3 heteroatoms. The molecule has 0 aromatic heterocycles. The van der Waals surface area contributed by atoms with Gasteiger partial charge in [-0.25, -0.2) is 0 Å². The van der Waals surface area contributed by atoms with Gasteiger partial charge in [-0.15, -0.1) is 0 Å². The molecule has 1 rings (SSSR count). The van der Waals surface area contributed by atoms with Gasteiger partial charge in [0, 0.05) is 25.3 Å². The minimum atomic E-state index is 0.554. The second kappa shape index (κ2) is 7.27. The molecule has 0 bridgehead atoms. The maximum atomic E-state index is 5.17. The van der Waals surface area contributed by atoms with Crippen molar-refractivity contribution < 1.29 is 4.74 Å². The third-order valence-corrected chi connectivity index (χ3v) is 2.97. The normalized spacial score (nSPS) is 12.6. The van der Waals surface area contributed by atoms with E-state index < -0.39 is 0 Å². The van der Waals surface area contributed by atoms with Crippen LogP contribution >= 0.6 is 0 Å². The van der Waals surface area contributed by atoms with Crippen molar-refractivity contribution in [2.75, 3.05) is 32.1 Å². The van der Waals surface area contributed by atoms with Crippen LogP contribution in [-0.4, -0.2) is 33.3 Å². The van der Waals surface area contributed by atoms with Crippen molar-refractivity contribution in [1.29, 1.82) is 0 Å². The predicted molar refractivity (Wildman–Crippen MR) is 78.6 cm³/mol. The van der Waals surface area contributed by atoms with Gasteiger partial charge in [-0.3, -0.25) is 0 Å². The molecule has 0 saturated heterocycles. The van der Waals surface area contributed by atoms with Crippen LogP contribution in [0.1, 0.15) is 20.8 Å². The Morgan fingerprint density at radius 2 is 1.78 bits per heavy atom. The Morgan fingerprint density at radius 1 is 1.17 bits per heavy atom. The fourth-order valence-electron chi connectivity index (χ4n) is 1.91. The van der Waals surface area contributed by atoms with Gasteiger partial charge in [0.2, 0.25) is 0 Å². The molecule has 0 aliphatic carbocycles. The number of hydrogen-bond donors (Lipinski definition) is 1. The molecule has 3 nitrogen and oxygen atoms in total. The highest BCUT2D eigenvalue weighted by Crippen LogP contribution is 2.18. The summed E-state index contributed by atoms with van der Waals surface area (Å²) in [4.78, 5) is 2.28. The zero-order chi connectivity index (χ0) is 13.5. The first-order valence-corrected chi connectivity index (χ1v) is 6.61. The lowest BCUT2D eigenvalue weighted by Gasteiger charge is -2.24. The Balaban J connectivity index is 2.45. The zero-order valence-electron chi connectivity index (χ0n) is 12.2. The van der Waals surface area contributed by atoms with E-state index >= 15 is 0 Å². The summed E-state index contributed by atoms with van der Waals surface area (Å²) >= 11 is 0. The lowest BCUT2D eigenvalue weighted by Crippen LogP contribution is -2.33. The molecule has 0 saturated carbocycles. The van der Waals surface area contributed by atoms with Crippen molar-refractivity contribution in [3.05, 3.63) is 24.3 Å². The molecule has 0 spiro atoms. The van der Waals surface area contributed by atoms with Gasteiger partial charge in [-0.2, -0.15) is 0 Å². The summed E-state index contributed by atoms with van der Waals surface area (Å²) in [7, 11) is 3.83. The number of nitrogens with zero attached hydrogens (tertiary/aromatic N) is 1. The molecule has 1 aromatic rings. The first kappa shape index (κ1) is 14.8. The number of nitrogens with one attached hydrogen (secondary N) is 1. The Labute approximate surface area is 111 Å². The summed E-state index contributed by atoms with van der Waals surface area (Å²) in [5, 5.41) is 3.47. The summed E-state index contributed by atoms with van der Waals surface area (Å²) in [6, 6.07) is 8.76. The fraction of sp³-hybridized carbons (Fsp3) is 0.600. The lowest BCUT2D eigenvalue weighted by atomic mass is 10.1. The fourth-order valence-corrected chi connectivity index (χ4v) is 1.91. The van der Waals surface area contributed by atoms with E-state index in [1.54, 1.807) is 7.11 Å². The first-order chi connectivity index (χ1) is 8.52. The van der Waals surface area contributed by atoms with E-state index in [9.17, 15) is 0 Å². The minimum Gasteiger partial charge on any atom is -0.497 e. The molecule has 18 heavy (non-hydrogen) atoms. The Kier molecular flexibility index (Phi) is 5.99. The summed E-state index contributed by atoms with van der Waals surface area (Å²) in [5.41, 5.74) is 1.23. The van der Waals surface area contributed by atoms with Gasteiger partial charge in [0.1, 0.15) is 5.75 Å². The second-order valence-corrected chi connectivity index (χ2v) is 5.25. The van der Waals surface area contributed by atoms with Crippen LogP contribution in [0.4, 0.5) is 5.69 Å². The number of anilines is 1. The molecule has 1 atom stereocenters. The average Bonchev–Trinajstić information content (AvgIpc) is 2.36. The van der Waals surface area contributed by atoms with Gasteiger partial charge in [0.25, 0.3) is 0 Å². The van der Waals surface area contributed by atoms with Crippen molar-refractivity contribution in [2.45, 2.75) is 26.8 Å². The molecular weight excluding hydrogens is 224 g/mol. The monoisotopic (exact) mass is 250 g/mol. The molecule has 0 amide bonds. The van der Waals surface area contributed by atoms with Gasteiger partial charge in [0.15, 0.2) is 0 Å². The second-order valence-electron chi connectivity index (χ2n) is 5.25. The molecule has 1 aromatic carbocycles. The summed E-state index contributed by atoms with van der Waals surface area (Å²) in [6.45, 7) is 8.74. The van der Waals surface area contributed by atoms with E-state index in [1.807, 2.05) is 12.1 Å². The van der Waals surface area contributed by atoms with Crippen LogP contribution in [0.2, 0.25) is 0 Å². The maximum absolute atomic E-state index is 5.17. The van der Waals surface area contributed by atoms with E-state index in [4.69, 9.17) is 4.74 Å². The summed E-state index contributed by atoms with van der Waals surface area (Å²) in [5.74, 6) is 1.53. The lowest BCUT2D eigenvalue weighted by molar-refractivity contribution is 0.415. The summed E-state index contributed by atoms with van der Waals surface area (Å²) in [6.07, 6.45) is 0. The van der Waals surface area contributed by atoms with E-state index in [1.165, 1.54) is 5.69 Å². The highest BCUT2D eigenvalue weighted by Gasteiger charge is 2.08. The molecule has 0 fully saturated rings. The quantitative estimate of drug-likeness (QED) is 0.805. The van der Waals surface area contributed by atoms with Crippen LogP contribution in [0.15, 0.2) is 24.3 Å². The van der Waals surface area contributed by atoms with E-state index in [0.717, 1.165) is 18.8 Å². The van der Waals surface area contributed by atoms with Crippen LogP contribution in [-0.2, 0) is 0 Å². The molecular formula is C15H26N2O. The van der Waals surface area contributed by atoms with Crippen molar-refractivity contribution in [3.8, 4) is 5.75 Å². The molecule has 0 radical (unpaired) electrons. The van der Waals surface area contributed by atoms with Crippen molar-refractivity contribution in [1.82, 2.24) is 5.32 Å². The predicted octanol–water partition coefficient (Wildman–Crippen LogP) is 2.77. The van der Waals surface area contributed by atoms with Crippen LogP contribution < -0.4 is 15.0 Å². The van der Waals surface area contributed by atoms with Crippen LogP contribution in [0, 0.1) is 5.92 Å². The Hall–Kier alpha value is -1.22. The Bertz CT molecular complexity index is 335. The van der Waals surface area contributed by atoms with Gasteiger partial charge < -0.3 is 15.0 Å². The van der Waals surface area contributed by atoms with Gasteiger partial charge in [-0.05, 0) is 36.7 Å². The highest BCUT2D eigenvalue weighted by molar-refractivity contribution is 5.48. The average molecular weight is 250 g/mol. The topological polar surface area (TPSA) is 24.5 Å². The smallest absolute Gasteiger partial charge is 0.119 e. The van der Waals surface area contributed by atoms with E-state index in [2.05, 4.69) is 50.2 Å². The molecule has 1 unspecified atom stereocenters. The molecule has 1 N–H and O–H groups in total. The summed E-state index contributed by atoms with van der Waals surface area (Å²) < 4.78 is 5.17. The highest BCUT2D eigenvalue weighted by atomic mass is 16.5. The SMILES string of the molecule is COc1ccc(N(C)CC(C)CNC(C)C)cc1. The van der Waals surface area contributed by atoms with Crippen molar-refractivity contribution in [2.24, 2.45) is 5.92 Å². The number of benzene rings is 1. The van der Waals surface area contributed by atoms with E-state index in [0.29, 0.717) is 12.0 Å². The molecule has 0 heterocycles. The molecule has 102 valence electrons. The van der Waals surface area contributed by atoms with Gasteiger partial charge >= 0.3 is 0 Å².